The molecule has 1 rings (SSSR count). The van der Waals surface area contributed by atoms with Crippen LogP contribution >= 0.6 is 0 Å². The van der Waals surface area contributed by atoms with Crippen LogP contribution in [0.15, 0.2) is 12.2 Å². The zero-order valence-corrected chi connectivity index (χ0v) is 20.9. The van der Waals surface area contributed by atoms with Crippen LogP contribution in [-0.4, -0.2) is 48.1 Å². The van der Waals surface area contributed by atoms with Crippen LogP contribution in [0.5, 0.6) is 0 Å². The van der Waals surface area contributed by atoms with E-state index in [9.17, 15) is 9.59 Å². The topological polar surface area (TPSA) is 69.6 Å². The van der Waals surface area contributed by atoms with Crippen molar-refractivity contribution in [1.82, 2.24) is 10.2 Å². The molecule has 5 heteroatoms. The van der Waals surface area contributed by atoms with Crippen molar-refractivity contribution in [1.29, 1.82) is 0 Å². The van der Waals surface area contributed by atoms with Crippen molar-refractivity contribution in [3.63, 3.8) is 0 Å². The quantitative estimate of drug-likeness (QED) is 0.294. The molecule has 1 atom stereocenters. The fourth-order valence-corrected chi connectivity index (χ4v) is 4.59. The monoisotopic (exact) mass is 422 g/mol. The Balaban J connectivity index is 2.79. The van der Waals surface area contributed by atoms with E-state index in [1.54, 1.807) is 0 Å². The van der Waals surface area contributed by atoms with Gasteiger partial charge in [-0.1, -0.05) is 74.5 Å². The molecule has 0 saturated carbocycles. The van der Waals surface area contributed by atoms with Gasteiger partial charge in [0.1, 0.15) is 0 Å². The summed E-state index contributed by atoms with van der Waals surface area (Å²) in [6, 6.07) is 0. The van der Waals surface area contributed by atoms with Crippen molar-refractivity contribution in [2.75, 3.05) is 26.2 Å². The first-order valence-corrected chi connectivity index (χ1v) is 11.3. The number of nitrogens with one attached hydrogen (secondary N) is 1. The highest BCUT2D eigenvalue weighted by atomic mass is 16.3. The third-order valence-corrected chi connectivity index (χ3v) is 8.49. The average Bonchev–Trinajstić information content (AvgIpc) is 2.83. The number of nitrogens with zero attached hydrogens (tertiary/aromatic N) is 1. The summed E-state index contributed by atoms with van der Waals surface area (Å²) in [7, 11) is 0. The maximum atomic E-state index is 12.8. The Morgan fingerprint density at radius 2 is 1.60 bits per heavy atom. The van der Waals surface area contributed by atoms with Crippen LogP contribution in [0.2, 0.25) is 0 Å². The van der Waals surface area contributed by atoms with Crippen LogP contribution in [0.25, 0.3) is 0 Å². The number of likely N-dealkylation sites (tertiary alicyclic amines) is 1. The van der Waals surface area contributed by atoms with E-state index in [0.717, 1.165) is 12.0 Å². The van der Waals surface area contributed by atoms with Crippen LogP contribution < -0.4 is 5.32 Å². The van der Waals surface area contributed by atoms with E-state index in [4.69, 9.17) is 5.11 Å². The van der Waals surface area contributed by atoms with E-state index in [1.807, 2.05) is 0 Å². The Bertz CT molecular complexity index is 641. The number of hydrogen-bond acceptors (Lipinski definition) is 4. The lowest BCUT2D eigenvalue weighted by Gasteiger charge is -2.58. The van der Waals surface area contributed by atoms with Gasteiger partial charge in [-0.2, -0.15) is 0 Å². The van der Waals surface area contributed by atoms with E-state index in [1.165, 1.54) is 4.90 Å². The molecule has 30 heavy (non-hydrogen) atoms. The number of carbonyl (C=O) groups is 2. The van der Waals surface area contributed by atoms with Crippen LogP contribution in [0.1, 0.15) is 81.6 Å². The second kappa shape index (κ2) is 9.52. The number of carbonyl (C=O) groups excluding carboxylic acids is 2. The van der Waals surface area contributed by atoms with Crippen molar-refractivity contribution in [3.8, 4) is 0 Å². The molecule has 0 aromatic carbocycles. The maximum Gasteiger partial charge on any atom is 0.233 e. The molecule has 1 heterocycles. The van der Waals surface area contributed by atoms with Crippen LogP contribution in [0, 0.1) is 27.6 Å². The summed E-state index contributed by atoms with van der Waals surface area (Å²) in [6.07, 6.45) is 1.67. The fourth-order valence-electron chi connectivity index (χ4n) is 4.59. The predicted octanol–water partition coefficient (Wildman–Crippen LogP) is 4.40. The summed E-state index contributed by atoms with van der Waals surface area (Å²) < 4.78 is 0. The zero-order valence-electron chi connectivity index (χ0n) is 20.9. The first kappa shape index (κ1) is 26.8. The molecule has 1 saturated heterocycles. The molecule has 0 spiro atoms. The number of hydrogen-bond donors (Lipinski definition) is 2. The Hall–Kier alpha value is -1.20. The predicted molar refractivity (Wildman–Crippen MR) is 124 cm³/mol. The van der Waals surface area contributed by atoms with Crippen LogP contribution in [0.4, 0.5) is 0 Å². The highest BCUT2D eigenvalue weighted by molar-refractivity contribution is 6.03. The Labute approximate surface area is 184 Å². The zero-order chi connectivity index (χ0) is 23.5. The second-order valence-corrected chi connectivity index (χ2v) is 11.8. The van der Waals surface area contributed by atoms with Crippen molar-refractivity contribution in [3.05, 3.63) is 12.2 Å². The lowest BCUT2D eigenvalue weighted by Crippen LogP contribution is -2.51. The third-order valence-electron chi connectivity index (χ3n) is 8.49. The van der Waals surface area contributed by atoms with Gasteiger partial charge < -0.3 is 10.4 Å². The van der Waals surface area contributed by atoms with Gasteiger partial charge in [0.2, 0.25) is 11.8 Å². The molecule has 5 nitrogen and oxygen atoms in total. The number of aliphatic hydroxyl groups is 1. The molecule has 174 valence electrons. The number of aliphatic hydroxyl groups excluding tert-OH is 1. The number of amides is 2. The smallest absolute Gasteiger partial charge is 0.233 e. The Kier molecular flexibility index (Phi) is 8.51. The fraction of sp³-hybridized carbons (Fsp3) is 0.840. The average molecular weight is 423 g/mol. The van der Waals surface area contributed by atoms with Crippen LogP contribution in [-0.2, 0) is 9.59 Å². The summed E-state index contributed by atoms with van der Waals surface area (Å²) in [5.41, 5.74) is 1.29. The molecule has 0 aliphatic carbocycles. The lowest BCUT2D eigenvalue weighted by molar-refractivity contribution is -0.139. The molecule has 2 N–H and O–H groups in total. The highest BCUT2D eigenvalue weighted by Gasteiger charge is 2.53. The summed E-state index contributed by atoms with van der Waals surface area (Å²) in [4.78, 5) is 26.4. The van der Waals surface area contributed by atoms with Gasteiger partial charge in [0, 0.05) is 26.1 Å². The van der Waals surface area contributed by atoms with Gasteiger partial charge in [-0.05, 0) is 34.5 Å². The molecule has 0 bridgehead atoms. The standard InChI is InChI=1S/C25H46N2O3/c1-18(17-23(5,6)25(9,10)24(7,8)22(2,3)4)15-19-16-20(29)27(21(19)30)13-11-26-12-14-28/h19,26,28H,1,11-17H2,2-10H3. The minimum Gasteiger partial charge on any atom is -0.395 e. The molecule has 0 radical (unpaired) electrons. The molecule has 0 aromatic rings. The summed E-state index contributed by atoms with van der Waals surface area (Å²) >= 11 is 0. The minimum absolute atomic E-state index is 0.0135. The van der Waals surface area contributed by atoms with Crippen molar-refractivity contribution >= 4 is 11.8 Å². The van der Waals surface area contributed by atoms with Gasteiger partial charge in [0.25, 0.3) is 0 Å². The molecule has 0 aromatic heterocycles. The molecule has 1 aliphatic heterocycles. The van der Waals surface area contributed by atoms with Gasteiger partial charge in [0.05, 0.1) is 12.5 Å². The van der Waals surface area contributed by atoms with Crippen molar-refractivity contribution in [2.24, 2.45) is 27.6 Å². The molecule has 1 fully saturated rings. The Morgan fingerprint density at radius 1 is 1.03 bits per heavy atom. The largest absolute Gasteiger partial charge is 0.395 e. The first-order chi connectivity index (χ1) is 13.5. The summed E-state index contributed by atoms with van der Waals surface area (Å²) in [5.74, 6) is -0.478. The molecule has 1 aliphatic rings. The van der Waals surface area contributed by atoms with Gasteiger partial charge in [-0.3, -0.25) is 14.5 Å². The van der Waals surface area contributed by atoms with Gasteiger partial charge in [0.15, 0.2) is 0 Å². The van der Waals surface area contributed by atoms with E-state index in [-0.39, 0.29) is 52.4 Å². The third kappa shape index (κ3) is 5.53. The molecule has 1 unspecified atom stereocenters. The molecule has 2 amide bonds. The highest BCUT2D eigenvalue weighted by Crippen LogP contribution is 2.60. The normalized spacial score (nSPS) is 19.0. The maximum absolute atomic E-state index is 12.8. The first-order valence-electron chi connectivity index (χ1n) is 11.3. The number of allylic oxidation sites excluding steroid dienone is 1. The molecular weight excluding hydrogens is 376 g/mol. The van der Waals surface area contributed by atoms with E-state index in [0.29, 0.717) is 26.1 Å². The number of rotatable bonds is 11. The van der Waals surface area contributed by atoms with Gasteiger partial charge in [-0.25, -0.2) is 0 Å². The molecular formula is C25H46N2O3. The summed E-state index contributed by atoms with van der Waals surface area (Å²) in [6.45, 7) is 26.6. The van der Waals surface area contributed by atoms with E-state index >= 15 is 0 Å². The van der Waals surface area contributed by atoms with Crippen molar-refractivity contribution < 1.29 is 14.7 Å². The SMILES string of the molecule is C=C(CC1CC(=O)N(CCNCCO)C1=O)CC(C)(C)C(C)(C)C(C)(C)C(C)(C)C. The number of imide groups is 1. The Morgan fingerprint density at radius 3 is 2.10 bits per heavy atom. The van der Waals surface area contributed by atoms with Crippen LogP contribution in [0.3, 0.4) is 0 Å². The lowest BCUT2D eigenvalue weighted by atomic mass is 9.47. The van der Waals surface area contributed by atoms with Gasteiger partial charge in [-0.15, -0.1) is 0 Å². The van der Waals surface area contributed by atoms with Gasteiger partial charge >= 0.3 is 0 Å². The van der Waals surface area contributed by atoms with Crippen molar-refractivity contribution in [2.45, 2.75) is 81.6 Å². The minimum atomic E-state index is -0.294. The second-order valence-electron chi connectivity index (χ2n) is 11.8. The summed E-state index contributed by atoms with van der Waals surface area (Å²) in [5, 5.41) is 11.8. The van der Waals surface area contributed by atoms with E-state index < -0.39 is 0 Å². The van der Waals surface area contributed by atoms with E-state index in [2.05, 4.69) is 74.2 Å².